The van der Waals surface area contributed by atoms with Crippen molar-refractivity contribution in [2.24, 2.45) is 0 Å². The Labute approximate surface area is 94.5 Å². The zero-order valence-corrected chi connectivity index (χ0v) is 9.60. The van der Waals surface area contributed by atoms with E-state index in [9.17, 15) is 0 Å². The maximum absolute atomic E-state index is 9.02. The van der Waals surface area contributed by atoms with E-state index in [1.54, 1.807) is 11.7 Å². The maximum atomic E-state index is 9.02. The molecule has 1 aromatic rings. The third kappa shape index (κ3) is 2.56. The van der Waals surface area contributed by atoms with Crippen LogP contribution in [-0.2, 0) is 0 Å². The fourth-order valence-electron chi connectivity index (χ4n) is 1.43. The average molecular weight is 218 g/mol. The molecular formula is C10H14N6. The Morgan fingerprint density at radius 3 is 2.75 bits per heavy atom. The molecule has 6 heteroatoms. The van der Waals surface area contributed by atoms with Crippen LogP contribution < -0.4 is 5.32 Å². The highest BCUT2D eigenvalue weighted by atomic mass is 15.3. The first-order valence-corrected chi connectivity index (χ1v) is 4.96. The fourth-order valence-corrected chi connectivity index (χ4v) is 1.43. The Hall–Kier alpha value is -1.92. The monoisotopic (exact) mass is 218 g/mol. The van der Waals surface area contributed by atoms with Gasteiger partial charge in [-0.2, -0.15) is 10.5 Å². The van der Waals surface area contributed by atoms with Gasteiger partial charge < -0.3 is 5.32 Å². The van der Waals surface area contributed by atoms with Gasteiger partial charge in [-0.25, -0.2) is 9.67 Å². The van der Waals surface area contributed by atoms with Gasteiger partial charge in [-0.3, -0.25) is 0 Å². The van der Waals surface area contributed by atoms with Crippen molar-refractivity contribution in [2.75, 3.05) is 7.05 Å². The van der Waals surface area contributed by atoms with E-state index in [1.807, 2.05) is 19.9 Å². The number of aromatic nitrogens is 3. The molecule has 1 rings (SSSR count). The smallest absolute Gasteiger partial charge is 0.252 e. The normalized spacial score (nSPS) is 15.8. The highest BCUT2D eigenvalue weighted by Crippen LogP contribution is 2.18. The lowest BCUT2D eigenvalue weighted by atomic mass is 9.96. The number of nitrogens with zero attached hydrogens (tertiary/aromatic N) is 5. The Kier molecular flexibility index (Phi) is 3.60. The van der Waals surface area contributed by atoms with Crippen LogP contribution in [0.3, 0.4) is 0 Å². The quantitative estimate of drug-likeness (QED) is 0.799. The van der Waals surface area contributed by atoms with Crippen LogP contribution in [0.25, 0.3) is 0 Å². The molecule has 0 fully saturated rings. The average Bonchev–Trinajstić information content (AvgIpc) is 2.77. The van der Waals surface area contributed by atoms with E-state index in [2.05, 4.69) is 21.5 Å². The van der Waals surface area contributed by atoms with E-state index >= 15 is 0 Å². The van der Waals surface area contributed by atoms with E-state index in [1.165, 1.54) is 6.33 Å². The number of rotatable bonds is 4. The van der Waals surface area contributed by atoms with Crippen molar-refractivity contribution in [1.82, 2.24) is 20.1 Å². The van der Waals surface area contributed by atoms with Gasteiger partial charge in [0.2, 0.25) is 0 Å². The van der Waals surface area contributed by atoms with Crippen LogP contribution in [0, 0.1) is 22.7 Å². The molecule has 0 aliphatic heterocycles. The zero-order valence-electron chi connectivity index (χ0n) is 9.60. The third-order valence-electron chi connectivity index (χ3n) is 2.56. The van der Waals surface area contributed by atoms with E-state index in [0.29, 0.717) is 6.42 Å². The molecule has 0 aliphatic carbocycles. The summed E-state index contributed by atoms with van der Waals surface area (Å²) < 4.78 is 1.60. The summed E-state index contributed by atoms with van der Waals surface area (Å²) in [5.41, 5.74) is -0.599. The molecule has 0 bridgehead atoms. The molecule has 0 aliphatic rings. The third-order valence-corrected chi connectivity index (χ3v) is 2.56. The molecule has 2 atom stereocenters. The van der Waals surface area contributed by atoms with Crippen LogP contribution >= 0.6 is 0 Å². The number of nitriles is 2. The summed E-state index contributed by atoms with van der Waals surface area (Å²) in [7, 11) is 1.75. The Bertz CT molecular complexity index is 437. The highest BCUT2D eigenvalue weighted by molar-refractivity contribution is 5.07. The first-order valence-electron chi connectivity index (χ1n) is 4.96. The molecule has 84 valence electrons. The lowest BCUT2D eigenvalue weighted by Gasteiger charge is -2.24. The van der Waals surface area contributed by atoms with Crippen molar-refractivity contribution in [1.29, 1.82) is 10.5 Å². The first-order chi connectivity index (χ1) is 7.54. The minimum Gasteiger partial charge on any atom is -0.303 e. The van der Waals surface area contributed by atoms with Crippen LogP contribution in [0.5, 0.6) is 0 Å². The van der Waals surface area contributed by atoms with Gasteiger partial charge in [-0.05, 0) is 20.9 Å². The van der Waals surface area contributed by atoms with Gasteiger partial charge in [0.1, 0.15) is 17.9 Å². The molecule has 0 saturated heterocycles. The van der Waals surface area contributed by atoms with Crippen LogP contribution in [0.1, 0.15) is 32.1 Å². The Morgan fingerprint density at radius 2 is 2.31 bits per heavy atom. The van der Waals surface area contributed by atoms with Crippen molar-refractivity contribution in [3.8, 4) is 12.1 Å². The minimum atomic E-state index is -0.599. The predicted octanol–water partition coefficient (Wildman–Crippen LogP) is 0.603. The summed E-state index contributed by atoms with van der Waals surface area (Å²) in [6.45, 7) is 3.76. The molecule has 6 nitrogen and oxygen atoms in total. The standard InChI is InChI=1S/C10H14N6/c1-8(4-10(2,6-12)13-3)16-7-14-9(5-11)15-16/h7-8,13H,4H2,1-3H3. The molecule has 1 aromatic heterocycles. The summed E-state index contributed by atoms with van der Waals surface area (Å²) in [5, 5.41) is 24.6. The van der Waals surface area contributed by atoms with E-state index in [-0.39, 0.29) is 11.9 Å². The van der Waals surface area contributed by atoms with Gasteiger partial charge in [0.25, 0.3) is 5.82 Å². The molecule has 0 radical (unpaired) electrons. The zero-order chi connectivity index (χ0) is 12.2. The summed E-state index contributed by atoms with van der Waals surface area (Å²) in [6.07, 6.45) is 2.10. The topological polar surface area (TPSA) is 90.3 Å². The number of hydrogen-bond acceptors (Lipinski definition) is 5. The first kappa shape index (κ1) is 12.2. The second-order valence-corrected chi connectivity index (χ2v) is 3.91. The van der Waals surface area contributed by atoms with Gasteiger partial charge in [0.05, 0.1) is 12.1 Å². The van der Waals surface area contributed by atoms with Gasteiger partial charge >= 0.3 is 0 Å². The largest absolute Gasteiger partial charge is 0.303 e. The van der Waals surface area contributed by atoms with Crippen molar-refractivity contribution in [3.05, 3.63) is 12.2 Å². The van der Waals surface area contributed by atoms with Crippen molar-refractivity contribution in [2.45, 2.75) is 31.8 Å². The van der Waals surface area contributed by atoms with E-state index < -0.39 is 5.54 Å². The fraction of sp³-hybridized carbons (Fsp3) is 0.600. The van der Waals surface area contributed by atoms with Crippen molar-refractivity contribution >= 4 is 0 Å². The summed E-state index contributed by atoms with van der Waals surface area (Å²) in [4.78, 5) is 3.82. The van der Waals surface area contributed by atoms with Gasteiger partial charge in [0.15, 0.2) is 0 Å². The molecule has 1 N–H and O–H groups in total. The van der Waals surface area contributed by atoms with Gasteiger partial charge in [-0.15, -0.1) is 5.10 Å². The van der Waals surface area contributed by atoms with E-state index in [4.69, 9.17) is 10.5 Å². The minimum absolute atomic E-state index is 0.00620. The Balaban J connectivity index is 2.77. The lowest BCUT2D eigenvalue weighted by Crippen LogP contribution is -2.40. The molecule has 1 heterocycles. The second kappa shape index (κ2) is 4.73. The molecular weight excluding hydrogens is 204 g/mol. The van der Waals surface area contributed by atoms with Crippen LogP contribution in [-0.4, -0.2) is 27.4 Å². The highest BCUT2D eigenvalue weighted by Gasteiger charge is 2.25. The number of hydrogen-bond donors (Lipinski definition) is 1. The van der Waals surface area contributed by atoms with Gasteiger partial charge in [-0.1, -0.05) is 0 Å². The van der Waals surface area contributed by atoms with Crippen LogP contribution in [0.2, 0.25) is 0 Å². The maximum Gasteiger partial charge on any atom is 0.252 e. The number of nitrogens with one attached hydrogen (secondary N) is 1. The Morgan fingerprint density at radius 1 is 1.62 bits per heavy atom. The SMILES string of the molecule is CNC(C)(C#N)CC(C)n1cnc(C#N)n1. The van der Waals surface area contributed by atoms with Crippen LogP contribution in [0.4, 0.5) is 0 Å². The molecule has 0 amide bonds. The molecule has 0 saturated carbocycles. The molecule has 2 unspecified atom stereocenters. The summed E-state index contributed by atoms with van der Waals surface area (Å²) in [6, 6.07) is 4.09. The summed E-state index contributed by atoms with van der Waals surface area (Å²) in [5.74, 6) is 0.148. The molecule has 16 heavy (non-hydrogen) atoms. The van der Waals surface area contributed by atoms with Gasteiger partial charge in [0, 0.05) is 6.42 Å². The molecule has 0 aromatic carbocycles. The van der Waals surface area contributed by atoms with Crippen LogP contribution in [0.15, 0.2) is 6.33 Å². The molecule has 0 spiro atoms. The summed E-state index contributed by atoms with van der Waals surface area (Å²) >= 11 is 0. The van der Waals surface area contributed by atoms with E-state index in [0.717, 1.165) is 0 Å². The lowest BCUT2D eigenvalue weighted by molar-refractivity contribution is 0.348. The second-order valence-electron chi connectivity index (χ2n) is 3.91. The van der Waals surface area contributed by atoms with Crippen molar-refractivity contribution in [3.63, 3.8) is 0 Å². The predicted molar refractivity (Wildman–Crippen MR) is 57.1 cm³/mol. The van der Waals surface area contributed by atoms with Crippen molar-refractivity contribution < 1.29 is 0 Å².